The monoisotopic (exact) mass is 307 g/mol. The lowest BCUT2D eigenvalue weighted by molar-refractivity contribution is -0.0512. The van der Waals surface area contributed by atoms with Gasteiger partial charge in [0.1, 0.15) is 6.61 Å². The van der Waals surface area contributed by atoms with Gasteiger partial charge in [-0.15, -0.1) is 0 Å². The number of methoxy groups -OCH3 is 1. The van der Waals surface area contributed by atoms with Crippen molar-refractivity contribution in [2.24, 2.45) is 5.16 Å². The summed E-state index contributed by atoms with van der Waals surface area (Å²) in [7, 11) is 1.38. The number of rotatable bonds is 7. The summed E-state index contributed by atoms with van der Waals surface area (Å²) in [6.45, 7) is -2.55. The Labute approximate surface area is 126 Å². The van der Waals surface area contributed by atoms with E-state index in [1.54, 1.807) is 6.07 Å². The van der Waals surface area contributed by atoms with E-state index < -0.39 is 6.61 Å². The van der Waals surface area contributed by atoms with Crippen molar-refractivity contribution in [1.29, 1.82) is 0 Å². The molecule has 4 nitrogen and oxygen atoms in total. The molecule has 116 valence electrons. The molecule has 0 amide bonds. The first-order chi connectivity index (χ1) is 10.7. The van der Waals surface area contributed by atoms with Crippen LogP contribution in [0.5, 0.6) is 11.5 Å². The summed E-state index contributed by atoms with van der Waals surface area (Å²) < 4.78 is 33.8. The van der Waals surface area contributed by atoms with Crippen molar-refractivity contribution in [3.8, 4) is 11.5 Å². The predicted molar refractivity (Wildman–Crippen MR) is 78.5 cm³/mol. The fourth-order valence-corrected chi connectivity index (χ4v) is 1.74. The van der Waals surface area contributed by atoms with Crippen LogP contribution in [0, 0.1) is 0 Å². The van der Waals surface area contributed by atoms with Crippen molar-refractivity contribution in [1.82, 2.24) is 0 Å². The number of hydrogen-bond acceptors (Lipinski definition) is 4. The molecule has 22 heavy (non-hydrogen) atoms. The molecule has 0 saturated carbocycles. The molecule has 0 saturated heterocycles. The molecule has 0 bridgehead atoms. The molecule has 0 atom stereocenters. The molecule has 0 radical (unpaired) electrons. The van der Waals surface area contributed by atoms with Crippen molar-refractivity contribution >= 4 is 6.21 Å². The Morgan fingerprint density at radius 2 is 1.86 bits per heavy atom. The Morgan fingerprint density at radius 3 is 2.55 bits per heavy atom. The van der Waals surface area contributed by atoms with Gasteiger partial charge in [0, 0.05) is 5.56 Å². The topological polar surface area (TPSA) is 40.0 Å². The molecule has 0 heterocycles. The maximum Gasteiger partial charge on any atom is 0.387 e. The largest absolute Gasteiger partial charge is 0.493 e. The van der Waals surface area contributed by atoms with Gasteiger partial charge in [-0.1, -0.05) is 35.5 Å². The second kappa shape index (κ2) is 7.97. The molecule has 2 rings (SSSR count). The number of halogens is 2. The Morgan fingerprint density at radius 1 is 1.09 bits per heavy atom. The van der Waals surface area contributed by atoms with E-state index in [1.165, 1.54) is 25.5 Å². The van der Waals surface area contributed by atoms with E-state index >= 15 is 0 Å². The zero-order valence-electron chi connectivity index (χ0n) is 11.9. The average molecular weight is 307 g/mol. The van der Waals surface area contributed by atoms with Crippen molar-refractivity contribution in [3.63, 3.8) is 0 Å². The maximum atomic E-state index is 12.2. The molecule has 2 aromatic rings. The van der Waals surface area contributed by atoms with Crippen LogP contribution < -0.4 is 9.47 Å². The lowest BCUT2D eigenvalue weighted by Crippen LogP contribution is -2.03. The lowest BCUT2D eigenvalue weighted by atomic mass is 10.2. The van der Waals surface area contributed by atoms with Crippen molar-refractivity contribution < 1.29 is 23.1 Å². The van der Waals surface area contributed by atoms with Crippen molar-refractivity contribution in [2.45, 2.75) is 13.2 Å². The van der Waals surface area contributed by atoms with E-state index in [0.717, 1.165) is 5.56 Å². The summed E-state index contributed by atoms with van der Waals surface area (Å²) in [6, 6.07) is 14.1. The molecule has 6 heteroatoms. The van der Waals surface area contributed by atoms with Crippen LogP contribution >= 0.6 is 0 Å². The van der Waals surface area contributed by atoms with E-state index in [-0.39, 0.29) is 11.5 Å². The number of nitrogens with zero attached hydrogens (tertiary/aromatic N) is 1. The number of oxime groups is 1. The highest BCUT2D eigenvalue weighted by molar-refractivity contribution is 5.80. The van der Waals surface area contributed by atoms with Gasteiger partial charge in [0.25, 0.3) is 0 Å². The van der Waals surface area contributed by atoms with Gasteiger partial charge in [0.2, 0.25) is 0 Å². The number of benzene rings is 2. The third kappa shape index (κ3) is 4.73. The highest BCUT2D eigenvalue weighted by atomic mass is 19.3. The minimum absolute atomic E-state index is 0.0279. The van der Waals surface area contributed by atoms with Gasteiger partial charge in [-0.3, -0.25) is 0 Å². The Kier molecular flexibility index (Phi) is 5.71. The quantitative estimate of drug-likeness (QED) is 0.576. The summed E-state index contributed by atoms with van der Waals surface area (Å²) >= 11 is 0. The number of alkyl halides is 2. The van der Waals surface area contributed by atoms with Gasteiger partial charge in [0.15, 0.2) is 11.5 Å². The van der Waals surface area contributed by atoms with Crippen molar-refractivity contribution in [3.05, 3.63) is 59.7 Å². The summed E-state index contributed by atoms with van der Waals surface area (Å²) in [5, 5.41) is 3.83. The van der Waals surface area contributed by atoms with Crippen LogP contribution in [-0.2, 0) is 11.4 Å². The molecule has 0 spiro atoms. The zero-order valence-corrected chi connectivity index (χ0v) is 11.9. The smallest absolute Gasteiger partial charge is 0.387 e. The molecular weight excluding hydrogens is 292 g/mol. The summed E-state index contributed by atoms with van der Waals surface area (Å²) in [4.78, 5) is 5.17. The third-order valence-electron chi connectivity index (χ3n) is 2.75. The third-order valence-corrected chi connectivity index (χ3v) is 2.75. The Bertz CT molecular complexity index is 618. The molecule has 0 aliphatic rings. The highest BCUT2D eigenvalue weighted by Gasteiger charge is 2.10. The SMILES string of the molecule is COc1cc(C=NOCc2ccccc2)ccc1OC(F)F. The van der Waals surface area contributed by atoms with E-state index in [1.807, 2.05) is 30.3 Å². The van der Waals surface area contributed by atoms with E-state index in [2.05, 4.69) is 9.89 Å². The van der Waals surface area contributed by atoms with E-state index in [9.17, 15) is 8.78 Å². The fourth-order valence-electron chi connectivity index (χ4n) is 1.74. The normalized spacial score (nSPS) is 10.9. The fraction of sp³-hybridized carbons (Fsp3) is 0.188. The second-order valence-corrected chi connectivity index (χ2v) is 4.28. The standard InChI is InChI=1S/C16H15F2NO3/c1-20-15-9-13(7-8-14(15)22-16(17)18)10-19-21-11-12-5-3-2-4-6-12/h2-10,16H,11H2,1H3. The van der Waals surface area contributed by atoms with Gasteiger partial charge >= 0.3 is 6.61 Å². The number of hydrogen-bond donors (Lipinski definition) is 0. The minimum atomic E-state index is -2.90. The molecular formula is C16H15F2NO3. The second-order valence-electron chi connectivity index (χ2n) is 4.28. The zero-order chi connectivity index (χ0) is 15.8. The van der Waals surface area contributed by atoms with Gasteiger partial charge in [-0.05, 0) is 23.8 Å². The van der Waals surface area contributed by atoms with Crippen molar-refractivity contribution in [2.75, 3.05) is 7.11 Å². The lowest BCUT2D eigenvalue weighted by Gasteiger charge is -2.09. The van der Waals surface area contributed by atoms with Gasteiger partial charge in [-0.2, -0.15) is 8.78 Å². The van der Waals surface area contributed by atoms with E-state index in [4.69, 9.17) is 9.57 Å². The average Bonchev–Trinajstić information content (AvgIpc) is 2.53. The first-order valence-electron chi connectivity index (χ1n) is 6.51. The van der Waals surface area contributed by atoms with Crippen LogP contribution in [0.25, 0.3) is 0 Å². The van der Waals surface area contributed by atoms with Crippen LogP contribution in [0.1, 0.15) is 11.1 Å². The highest BCUT2D eigenvalue weighted by Crippen LogP contribution is 2.28. The molecule has 0 unspecified atom stereocenters. The van der Waals surface area contributed by atoms with Gasteiger partial charge < -0.3 is 14.3 Å². The Balaban J connectivity index is 1.96. The summed E-state index contributed by atoms with van der Waals surface area (Å²) in [5.74, 6) is 0.173. The van der Waals surface area contributed by atoms with Crippen LogP contribution in [0.4, 0.5) is 8.78 Å². The molecule has 0 aromatic heterocycles. The predicted octanol–water partition coefficient (Wildman–Crippen LogP) is 3.85. The summed E-state index contributed by atoms with van der Waals surface area (Å²) in [6.07, 6.45) is 1.47. The Hall–Kier alpha value is -2.63. The van der Waals surface area contributed by atoms with Crippen LogP contribution in [-0.4, -0.2) is 19.9 Å². The molecule has 0 fully saturated rings. The number of ether oxygens (including phenoxy) is 2. The van der Waals surface area contributed by atoms with E-state index in [0.29, 0.717) is 12.2 Å². The maximum absolute atomic E-state index is 12.2. The first kappa shape index (κ1) is 15.8. The minimum Gasteiger partial charge on any atom is -0.493 e. The van der Waals surface area contributed by atoms with Gasteiger partial charge in [-0.25, -0.2) is 0 Å². The van der Waals surface area contributed by atoms with Crippen LogP contribution in [0.3, 0.4) is 0 Å². The van der Waals surface area contributed by atoms with Crippen LogP contribution in [0.15, 0.2) is 53.7 Å². The van der Waals surface area contributed by atoms with Gasteiger partial charge in [0.05, 0.1) is 13.3 Å². The first-order valence-corrected chi connectivity index (χ1v) is 6.51. The van der Waals surface area contributed by atoms with Crippen LogP contribution in [0.2, 0.25) is 0 Å². The molecule has 0 aliphatic carbocycles. The molecule has 0 N–H and O–H groups in total. The molecule has 0 aliphatic heterocycles. The molecule has 2 aromatic carbocycles. The summed E-state index contributed by atoms with van der Waals surface area (Å²) in [5.41, 5.74) is 1.64.